The fourth-order valence-corrected chi connectivity index (χ4v) is 4.14. The molecule has 0 aliphatic heterocycles. The number of benzene rings is 1. The molecule has 4 unspecified atom stereocenters. The van der Waals surface area contributed by atoms with Crippen molar-refractivity contribution in [2.45, 2.75) is 37.5 Å². The Morgan fingerprint density at radius 2 is 2.00 bits per heavy atom. The van der Waals surface area contributed by atoms with Gasteiger partial charge in [0.1, 0.15) is 0 Å². The Labute approximate surface area is 111 Å². The molecule has 98 valence electrons. The van der Waals surface area contributed by atoms with E-state index in [0.29, 0.717) is 11.5 Å². The molecule has 3 heteroatoms. The Balaban J connectivity index is 1.67. The van der Waals surface area contributed by atoms with Gasteiger partial charge in [0.15, 0.2) is 11.6 Å². The van der Waals surface area contributed by atoms with Crippen LogP contribution in [0.15, 0.2) is 18.2 Å². The van der Waals surface area contributed by atoms with E-state index in [9.17, 15) is 8.78 Å². The van der Waals surface area contributed by atoms with Crippen LogP contribution in [0.25, 0.3) is 0 Å². The highest BCUT2D eigenvalue weighted by molar-refractivity contribution is 6.20. The van der Waals surface area contributed by atoms with E-state index in [2.05, 4.69) is 0 Å². The van der Waals surface area contributed by atoms with Gasteiger partial charge in [0, 0.05) is 0 Å². The number of rotatable bonds is 3. The molecule has 1 aromatic carbocycles. The molecule has 2 fully saturated rings. The van der Waals surface area contributed by atoms with Gasteiger partial charge in [-0.15, -0.1) is 11.6 Å². The van der Waals surface area contributed by atoms with Crippen molar-refractivity contribution in [2.75, 3.05) is 0 Å². The predicted molar refractivity (Wildman–Crippen MR) is 68.5 cm³/mol. The largest absolute Gasteiger partial charge is 0.204 e. The van der Waals surface area contributed by atoms with Crippen LogP contribution in [0, 0.1) is 29.4 Å². The van der Waals surface area contributed by atoms with Gasteiger partial charge in [0.05, 0.1) is 5.38 Å². The molecular formula is C15H17ClF2. The molecular weight excluding hydrogens is 254 g/mol. The van der Waals surface area contributed by atoms with Crippen LogP contribution in [0.2, 0.25) is 0 Å². The van der Waals surface area contributed by atoms with E-state index in [-0.39, 0.29) is 5.38 Å². The normalized spacial score (nSPS) is 31.8. The minimum absolute atomic E-state index is 0.190. The first kappa shape index (κ1) is 12.4. The molecule has 4 atom stereocenters. The molecule has 2 bridgehead atoms. The van der Waals surface area contributed by atoms with Crippen molar-refractivity contribution >= 4 is 11.6 Å². The lowest BCUT2D eigenvalue weighted by molar-refractivity contribution is 0.311. The summed E-state index contributed by atoms with van der Waals surface area (Å²) in [6, 6.07) is 4.00. The quantitative estimate of drug-likeness (QED) is 0.673. The average Bonchev–Trinajstić information content (AvgIpc) is 2.94. The first-order chi connectivity index (χ1) is 8.63. The highest BCUT2D eigenvalue weighted by Gasteiger charge is 2.40. The molecule has 1 aromatic rings. The first-order valence-electron chi connectivity index (χ1n) is 6.72. The highest BCUT2D eigenvalue weighted by Crippen LogP contribution is 2.51. The van der Waals surface area contributed by atoms with E-state index in [1.165, 1.54) is 37.8 Å². The smallest absolute Gasteiger partial charge is 0.159 e. The molecule has 0 radical (unpaired) electrons. The van der Waals surface area contributed by atoms with Gasteiger partial charge >= 0.3 is 0 Å². The van der Waals surface area contributed by atoms with Gasteiger partial charge in [-0.25, -0.2) is 8.78 Å². The Hall–Kier alpha value is -0.630. The third-order valence-electron chi connectivity index (χ3n) is 4.70. The van der Waals surface area contributed by atoms with E-state index in [1.807, 2.05) is 0 Å². The van der Waals surface area contributed by atoms with E-state index in [4.69, 9.17) is 11.6 Å². The van der Waals surface area contributed by atoms with Gasteiger partial charge in [0.2, 0.25) is 0 Å². The molecule has 0 N–H and O–H groups in total. The van der Waals surface area contributed by atoms with Crippen molar-refractivity contribution in [1.29, 1.82) is 0 Å². The van der Waals surface area contributed by atoms with Crippen molar-refractivity contribution in [3.8, 4) is 0 Å². The summed E-state index contributed by atoms with van der Waals surface area (Å²) in [5, 5.41) is -0.190. The summed E-state index contributed by atoms with van der Waals surface area (Å²) in [6.45, 7) is 0. The Bertz CT molecular complexity index is 446. The molecule has 0 heterocycles. The van der Waals surface area contributed by atoms with E-state index in [1.54, 1.807) is 6.07 Å². The van der Waals surface area contributed by atoms with Crippen LogP contribution in [0.1, 0.15) is 43.0 Å². The number of alkyl halides is 1. The SMILES string of the molecule is Fc1ccc(C(Cl)CC2CC3CCC2C3)cc1F. The molecule has 0 spiro atoms. The standard InChI is InChI=1S/C15H17ClF2/c16-13(11-3-4-14(17)15(18)8-11)7-12-6-9-1-2-10(12)5-9/h3-4,8-10,12-13H,1-2,5-7H2. The number of hydrogen-bond acceptors (Lipinski definition) is 0. The second-order valence-electron chi connectivity index (χ2n) is 5.81. The van der Waals surface area contributed by atoms with E-state index >= 15 is 0 Å². The fraction of sp³-hybridized carbons (Fsp3) is 0.600. The molecule has 2 saturated carbocycles. The Morgan fingerprint density at radius 1 is 1.17 bits per heavy atom. The summed E-state index contributed by atoms with van der Waals surface area (Å²) in [4.78, 5) is 0. The molecule has 18 heavy (non-hydrogen) atoms. The van der Waals surface area contributed by atoms with Gasteiger partial charge in [-0.1, -0.05) is 12.5 Å². The number of halogens is 3. The van der Waals surface area contributed by atoms with Crippen molar-refractivity contribution in [3.63, 3.8) is 0 Å². The van der Waals surface area contributed by atoms with Crippen molar-refractivity contribution < 1.29 is 8.78 Å². The summed E-state index contributed by atoms with van der Waals surface area (Å²) < 4.78 is 26.0. The summed E-state index contributed by atoms with van der Waals surface area (Å²) in [5.41, 5.74) is 0.707. The Kier molecular flexibility index (Phi) is 3.31. The number of hydrogen-bond donors (Lipinski definition) is 0. The van der Waals surface area contributed by atoms with Crippen molar-refractivity contribution in [3.05, 3.63) is 35.4 Å². The summed E-state index contributed by atoms with van der Waals surface area (Å²) in [5.74, 6) is 0.795. The van der Waals surface area contributed by atoms with Crippen LogP contribution in [0.4, 0.5) is 8.78 Å². The second kappa shape index (κ2) is 4.80. The van der Waals surface area contributed by atoms with Gasteiger partial charge in [-0.05, 0) is 61.1 Å². The maximum atomic E-state index is 13.2. The fourth-order valence-electron chi connectivity index (χ4n) is 3.77. The van der Waals surface area contributed by atoms with Crippen molar-refractivity contribution in [1.82, 2.24) is 0 Å². The lowest BCUT2D eigenvalue weighted by atomic mass is 9.84. The molecule has 0 amide bonds. The van der Waals surface area contributed by atoms with Gasteiger partial charge in [-0.2, -0.15) is 0 Å². The zero-order chi connectivity index (χ0) is 12.7. The molecule has 2 aliphatic carbocycles. The average molecular weight is 271 g/mol. The lowest BCUT2D eigenvalue weighted by Gasteiger charge is -2.24. The summed E-state index contributed by atoms with van der Waals surface area (Å²) >= 11 is 6.36. The van der Waals surface area contributed by atoms with Crippen LogP contribution in [-0.4, -0.2) is 0 Å². The first-order valence-corrected chi connectivity index (χ1v) is 7.16. The molecule has 3 rings (SSSR count). The van der Waals surface area contributed by atoms with Gasteiger partial charge in [-0.3, -0.25) is 0 Å². The molecule has 0 saturated heterocycles. The highest BCUT2D eigenvalue weighted by atomic mass is 35.5. The van der Waals surface area contributed by atoms with Crippen LogP contribution in [0.5, 0.6) is 0 Å². The monoisotopic (exact) mass is 270 g/mol. The lowest BCUT2D eigenvalue weighted by Crippen LogP contribution is -2.12. The van der Waals surface area contributed by atoms with Crippen LogP contribution < -0.4 is 0 Å². The van der Waals surface area contributed by atoms with E-state index < -0.39 is 11.6 Å². The second-order valence-corrected chi connectivity index (χ2v) is 6.34. The predicted octanol–water partition coefficient (Wildman–Crippen LogP) is 5.07. The maximum absolute atomic E-state index is 13.2. The summed E-state index contributed by atoms with van der Waals surface area (Å²) in [7, 11) is 0. The molecule has 0 nitrogen and oxygen atoms in total. The maximum Gasteiger partial charge on any atom is 0.159 e. The number of fused-ring (bicyclic) bond motifs is 2. The van der Waals surface area contributed by atoms with E-state index in [0.717, 1.165) is 18.3 Å². The third kappa shape index (κ3) is 2.27. The van der Waals surface area contributed by atoms with Crippen molar-refractivity contribution in [2.24, 2.45) is 17.8 Å². The van der Waals surface area contributed by atoms with Crippen LogP contribution in [-0.2, 0) is 0 Å². The van der Waals surface area contributed by atoms with Crippen LogP contribution in [0.3, 0.4) is 0 Å². The Morgan fingerprint density at radius 3 is 2.61 bits per heavy atom. The summed E-state index contributed by atoms with van der Waals surface area (Å²) in [6.07, 6.45) is 6.23. The van der Waals surface area contributed by atoms with Crippen LogP contribution >= 0.6 is 11.6 Å². The minimum atomic E-state index is -0.803. The zero-order valence-corrected chi connectivity index (χ0v) is 11.0. The molecule has 0 aromatic heterocycles. The van der Waals surface area contributed by atoms with Gasteiger partial charge in [0.25, 0.3) is 0 Å². The third-order valence-corrected chi connectivity index (χ3v) is 5.13. The molecule has 2 aliphatic rings. The zero-order valence-electron chi connectivity index (χ0n) is 10.2. The minimum Gasteiger partial charge on any atom is -0.204 e. The van der Waals surface area contributed by atoms with Gasteiger partial charge < -0.3 is 0 Å². The topological polar surface area (TPSA) is 0 Å².